The zero-order valence-corrected chi connectivity index (χ0v) is 12.9. The van der Waals surface area contributed by atoms with Crippen LogP contribution >= 0.6 is 0 Å². The van der Waals surface area contributed by atoms with E-state index in [1.807, 2.05) is 11.0 Å². The minimum absolute atomic E-state index is 0.126. The molecule has 1 amide bonds. The number of hydrogen-bond acceptors (Lipinski definition) is 2. The first kappa shape index (κ1) is 14.2. The quantitative estimate of drug-likeness (QED) is 0.910. The summed E-state index contributed by atoms with van der Waals surface area (Å²) in [6.45, 7) is 1.68. The Labute approximate surface area is 130 Å². The van der Waals surface area contributed by atoms with E-state index in [9.17, 15) is 9.18 Å². The molecule has 1 unspecified atom stereocenters. The van der Waals surface area contributed by atoms with Gasteiger partial charge in [-0.05, 0) is 44.4 Å². The molecule has 0 radical (unpaired) electrons. The highest BCUT2D eigenvalue weighted by Crippen LogP contribution is 2.51. The molecule has 3 nitrogen and oxygen atoms in total. The third-order valence-corrected chi connectivity index (χ3v) is 5.72. The van der Waals surface area contributed by atoms with Crippen molar-refractivity contribution in [3.8, 4) is 0 Å². The van der Waals surface area contributed by atoms with Crippen molar-refractivity contribution in [2.75, 3.05) is 18.0 Å². The number of hydrogen-bond donors (Lipinski definition) is 1. The molecule has 1 atom stereocenters. The number of benzene rings is 1. The SMILES string of the molecule is O=C(CC1CCCN1)N1CC2(CCCC2)c2c(F)cccc21. The zero-order valence-electron chi connectivity index (χ0n) is 12.9. The topological polar surface area (TPSA) is 32.3 Å². The van der Waals surface area contributed by atoms with Gasteiger partial charge in [0, 0.05) is 30.0 Å². The van der Waals surface area contributed by atoms with Crippen LogP contribution in [0.1, 0.15) is 50.5 Å². The molecule has 1 spiro atoms. The molecule has 2 heterocycles. The summed E-state index contributed by atoms with van der Waals surface area (Å²) in [6, 6.07) is 5.50. The number of halogens is 1. The molecule has 0 aromatic heterocycles. The van der Waals surface area contributed by atoms with Gasteiger partial charge in [-0.3, -0.25) is 4.79 Å². The van der Waals surface area contributed by atoms with Gasteiger partial charge in [0.15, 0.2) is 0 Å². The van der Waals surface area contributed by atoms with Crippen molar-refractivity contribution in [2.24, 2.45) is 0 Å². The van der Waals surface area contributed by atoms with Gasteiger partial charge in [0.2, 0.25) is 5.91 Å². The second kappa shape index (κ2) is 5.34. The van der Waals surface area contributed by atoms with Crippen molar-refractivity contribution in [3.05, 3.63) is 29.6 Å². The molecule has 1 aliphatic carbocycles. The number of rotatable bonds is 2. The van der Waals surface area contributed by atoms with Crippen LogP contribution in [0.5, 0.6) is 0 Å². The number of nitrogens with one attached hydrogen (secondary N) is 1. The average molecular weight is 302 g/mol. The van der Waals surface area contributed by atoms with Gasteiger partial charge in [0.05, 0.1) is 5.69 Å². The highest BCUT2D eigenvalue weighted by Gasteiger charge is 2.48. The van der Waals surface area contributed by atoms with E-state index in [4.69, 9.17) is 0 Å². The predicted molar refractivity (Wildman–Crippen MR) is 84.5 cm³/mol. The van der Waals surface area contributed by atoms with Gasteiger partial charge in [-0.1, -0.05) is 18.9 Å². The molecule has 2 aliphatic heterocycles. The van der Waals surface area contributed by atoms with Crippen LogP contribution in [0.25, 0.3) is 0 Å². The van der Waals surface area contributed by atoms with Crippen molar-refractivity contribution in [1.29, 1.82) is 0 Å². The lowest BCUT2D eigenvalue weighted by atomic mass is 9.80. The lowest BCUT2D eigenvalue weighted by Gasteiger charge is -2.25. The Morgan fingerprint density at radius 3 is 2.86 bits per heavy atom. The molecule has 1 N–H and O–H groups in total. The third-order valence-electron chi connectivity index (χ3n) is 5.72. The van der Waals surface area contributed by atoms with Crippen LogP contribution in [-0.2, 0) is 10.2 Å². The van der Waals surface area contributed by atoms with E-state index in [-0.39, 0.29) is 17.1 Å². The first-order chi connectivity index (χ1) is 10.7. The Kier molecular flexibility index (Phi) is 3.44. The van der Waals surface area contributed by atoms with E-state index in [2.05, 4.69) is 5.32 Å². The summed E-state index contributed by atoms with van der Waals surface area (Å²) < 4.78 is 14.5. The lowest BCUT2D eigenvalue weighted by Crippen LogP contribution is -2.38. The van der Waals surface area contributed by atoms with Crippen LogP contribution in [0.3, 0.4) is 0 Å². The van der Waals surface area contributed by atoms with Gasteiger partial charge in [0.25, 0.3) is 0 Å². The second-order valence-electron chi connectivity index (χ2n) is 7.10. The standard InChI is InChI=1S/C18H23FN2O/c19-14-6-3-7-15-17(14)18(8-1-2-9-18)12-21(15)16(22)11-13-5-4-10-20-13/h3,6-7,13,20H,1-2,4-5,8-12H2. The second-order valence-corrected chi connectivity index (χ2v) is 7.10. The largest absolute Gasteiger partial charge is 0.313 e. The van der Waals surface area contributed by atoms with Crippen molar-refractivity contribution in [2.45, 2.75) is 56.4 Å². The maximum absolute atomic E-state index is 14.5. The van der Waals surface area contributed by atoms with Gasteiger partial charge >= 0.3 is 0 Å². The van der Waals surface area contributed by atoms with Crippen LogP contribution in [0.4, 0.5) is 10.1 Å². The Bertz CT molecular complexity index is 589. The number of anilines is 1. The average Bonchev–Trinajstić information content (AvgIpc) is 3.22. The van der Waals surface area contributed by atoms with E-state index < -0.39 is 0 Å². The zero-order chi connectivity index (χ0) is 15.2. The number of amides is 1. The first-order valence-corrected chi connectivity index (χ1v) is 8.52. The number of carbonyl (C=O) groups is 1. The van der Waals surface area contributed by atoms with Crippen molar-refractivity contribution in [1.82, 2.24) is 5.32 Å². The highest BCUT2D eigenvalue weighted by atomic mass is 19.1. The lowest BCUT2D eigenvalue weighted by molar-refractivity contribution is -0.119. The molecule has 4 heteroatoms. The Balaban J connectivity index is 1.65. The predicted octanol–water partition coefficient (Wildman–Crippen LogP) is 3.13. The number of fused-ring (bicyclic) bond motifs is 2. The number of carbonyl (C=O) groups excluding carboxylic acids is 1. The van der Waals surface area contributed by atoms with Crippen LogP contribution < -0.4 is 10.2 Å². The van der Waals surface area contributed by atoms with Crippen LogP contribution in [0, 0.1) is 5.82 Å². The summed E-state index contributed by atoms with van der Waals surface area (Å²) in [5, 5.41) is 3.39. The Morgan fingerprint density at radius 2 is 2.14 bits per heavy atom. The maximum atomic E-state index is 14.5. The van der Waals surface area contributed by atoms with Crippen LogP contribution in [0.2, 0.25) is 0 Å². The molecule has 1 saturated carbocycles. The Morgan fingerprint density at radius 1 is 1.32 bits per heavy atom. The molecule has 1 aromatic carbocycles. The molecular formula is C18H23FN2O. The third kappa shape index (κ3) is 2.16. The molecule has 118 valence electrons. The molecule has 2 fully saturated rings. The molecule has 1 aromatic rings. The molecule has 0 bridgehead atoms. The summed E-state index contributed by atoms with van der Waals surface area (Å²) in [4.78, 5) is 14.6. The van der Waals surface area contributed by atoms with Gasteiger partial charge in [-0.2, -0.15) is 0 Å². The van der Waals surface area contributed by atoms with Crippen LogP contribution in [-0.4, -0.2) is 25.0 Å². The molecule has 4 rings (SSSR count). The van der Waals surface area contributed by atoms with Crippen molar-refractivity contribution >= 4 is 11.6 Å². The summed E-state index contributed by atoms with van der Waals surface area (Å²) >= 11 is 0. The monoisotopic (exact) mass is 302 g/mol. The van der Waals surface area contributed by atoms with Crippen molar-refractivity contribution in [3.63, 3.8) is 0 Å². The minimum atomic E-state index is -0.131. The number of nitrogens with zero attached hydrogens (tertiary/aromatic N) is 1. The van der Waals surface area contributed by atoms with Crippen LogP contribution in [0.15, 0.2) is 18.2 Å². The summed E-state index contributed by atoms with van der Waals surface area (Å²) in [5.41, 5.74) is 1.50. The highest BCUT2D eigenvalue weighted by molar-refractivity contribution is 5.96. The fourth-order valence-electron chi connectivity index (χ4n) is 4.66. The van der Waals surface area contributed by atoms with E-state index >= 15 is 0 Å². The van der Waals surface area contributed by atoms with E-state index in [0.29, 0.717) is 19.0 Å². The van der Waals surface area contributed by atoms with Crippen molar-refractivity contribution < 1.29 is 9.18 Å². The van der Waals surface area contributed by atoms with Gasteiger partial charge in [-0.15, -0.1) is 0 Å². The molecular weight excluding hydrogens is 279 g/mol. The van der Waals surface area contributed by atoms with Gasteiger partial charge < -0.3 is 10.2 Å². The van der Waals surface area contributed by atoms with E-state index in [1.54, 1.807) is 12.1 Å². The van der Waals surface area contributed by atoms with Gasteiger partial charge in [-0.25, -0.2) is 4.39 Å². The summed E-state index contributed by atoms with van der Waals surface area (Å²) in [6.07, 6.45) is 7.04. The van der Waals surface area contributed by atoms with Gasteiger partial charge in [0.1, 0.15) is 5.82 Å². The molecule has 3 aliphatic rings. The molecule has 22 heavy (non-hydrogen) atoms. The fraction of sp³-hybridized carbons (Fsp3) is 0.611. The first-order valence-electron chi connectivity index (χ1n) is 8.52. The maximum Gasteiger partial charge on any atom is 0.228 e. The van der Waals surface area contributed by atoms with E-state index in [0.717, 1.165) is 56.3 Å². The fourth-order valence-corrected chi connectivity index (χ4v) is 4.66. The Hall–Kier alpha value is -1.42. The summed E-state index contributed by atoms with van der Waals surface area (Å²) in [5.74, 6) is 0.0173. The minimum Gasteiger partial charge on any atom is -0.313 e. The smallest absolute Gasteiger partial charge is 0.228 e. The van der Waals surface area contributed by atoms with E-state index in [1.165, 1.54) is 0 Å². The normalized spacial score (nSPS) is 25.9. The summed E-state index contributed by atoms with van der Waals surface area (Å²) in [7, 11) is 0. The molecule has 1 saturated heterocycles.